The largest absolute Gasteiger partial charge is 0.333 e. The van der Waals surface area contributed by atoms with E-state index in [1.807, 2.05) is 0 Å². The second kappa shape index (κ2) is 17.2. The molecule has 6 heteroatoms. The van der Waals surface area contributed by atoms with E-state index in [-0.39, 0.29) is 12.0 Å². The summed E-state index contributed by atoms with van der Waals surface area (Å²) in [6.07, 6.45) is 4.88. The van der Waals surface area contributed by atoms with Crippen molar-refractivity contribution in [1.29, 1.82) is 0 Å². The Labute approximate surface area is 483 Å². The van der Waals surface area contributed by atoms with E-state index >= 15 is 0 Å². The van der Waals surface area contributed by atoms with E-state index < -0.39 is 0 Å². The molecule has 0 amide bonds. The normalized spacial score (nSPS) is 14.8. The maximum atomic E-state index is 2.63. The highest BCUT2D eigenvalue weighted by molar-refractivity contribution is 6.26. The molecule has 1 aliphatic carbocycles. The molecule has 19 rings (SSSR count). The van der Waals surface area contributed by atoms with Gasteiger partial charge in [-0.25, -0.2) is 0 Å². The first kappa shape index (κ1) is 45.6. The van der Waals surface area contributed by atoms with Crippen molar-refractivity contribution < 1.29 is 0 Å². The topological polar surface area (TPSA) is 27.9 Å². The Hall–Kier alpha value is -11.1. The number of benzene rings is 12. The lowest BCUT2D eigenvalue weighted by molar-refractivity contribution is 0.669. The van der Waals surface area contributed by atoms with Crippen molar-refractivity contribution in [2.45, 2.75) is 12.0 Å². The SMILES string of the molecule is C1=C[C@H]2c3ccccc3N(c3cccc(-n4c5ccccc5c5ccccc54)c3)C2c2c1n(-c1cccc(-n3c4ccccc4c4ccc5c(c6ccccc6n5-c5cccc(-n6c7ccccc7c7ccccc76)c5)c43)c1)c1ccccc21. The Morgan fingerprint density at radius 1 is 0.262 bits per heavy atom. The second-order valence-electron chi connectivity index (χ2n) is 22.8. The van der Waals surface area contributed by atoms with Crippen LogP contribution in [0.15, 0.2) is 285 Å². The van der Waals surface area contributed by atoms with Gasteiger partial charge in [-0.05, 0) is 121 Å². The summed E-state index contributed by atoms with van der Waals surface area (Å²) in [5.74, 6) is 0.148. The maximum absolute atomic E-state index is 2.63. The van der Waals surface area contributed by atoms with Gasteiger partial charge in [0.05, 0.1) is 61.4 Å². The lowest BCUT2D eigenvalue weighted by atomic mass is 9.84. The number of nitrogens with zero attached hydrogens (tertiary/aromatic N) is 6. The first-order valence-corrected chi connectivity index (χ1v) is 29.2. The van der Waals surface area contributed by atoms with E-state index in [2.05, 4.69) is 319 Å². The summed E-state index contributed by atoms with van der Waals surface area (Å²) in [6, 6.07) is 103. The fraction of sp³-hybridized carbons (Fsp3) is 0.0256. The van der Waals surface area contributed by atoms with Crippen LogP contribution in [-0.4, -0.2) is 22.8 Å². The Balaban J connectivity index is 0.793. The van der Waals surface area contributed by atoms with Gasteiger partial charge in [-0.1, -0.05) is 176 Å². The highest BCUT2D eigenvalue weighted by Crippen LogP contribution is 2.58. The summed E-state index contributed by atoms with van der Waals surface area (Å²) in [5, 5.41) is 11.2. The lowest BCUT2D eigenvalue weighted by Gasteiger charge is -2.33. The molecule has 12 aromatic carbocycles. The van der Waals surface area contributed by atoms with Gasteiger partial charge in [0.25, 0.3) is 0 Å². The summed E-state index contributed by atoms with van der Waals surface area (Å²) in [6.45, 7) is 0. The van der Waals surface area contributed by atoms with Crippen molar-refractivity contribution in [2.24, 2.45) is 0 Å². The van der Waals surface area contributed by atoms with E-state index in [0.29, 0.717) is 0 Å². The fourth-order valence-corrected chi connectivity index (χ4v) is 15.3. The minimum Gasteiger partial charge on any atom is -0.333 e. The number of hydrogen-bond donors (Lipinski definition) is 0. The molecular formula is C78H50N6. The molecule has 1 unspecified atom stereocenters. The lowest BCUT2D eigenvalue weighted by Crippen LogP contribution is -2.24. The monoisotopic (exact) mass is 1070 g/mol. The molecule has 1 aliphatic heterocycles. The molecule has 392 valence electrons. The molecule has 2 aliphatic rings. The number of hydrogen-bond acceptors (Lipinski definition) is 1. The molecule has 0 saturated carbocycles. The molecule has 6 heterocycles. The van der Waals surface area contributed by atoms with Gasteiger partial charge in [0.2, 0.25) is 0 Å². The molecule has 0 N–H and O–H groups in total. The van der Waals surface area contributed by atoms with Crippen molar-refractivity contribution in [1.82, 2.24) is 22.8 Å². The molecular weight excluding hydrogens is 1020 g/mol. The fourth-order valence-electron chi connectivity index (χ4n) is 15.3. The van der Waals surface area contributed by atoms with E-state index in [1.54, 1.807) is 0 Å². The van der Waals surface area contributed by atoms with Crippen molar-refractivity contribution >= 4 is 116 Å². The van der Waals surface area contributed by atoms with E-state index in [1.165, 1.54) is 121 Å². The number of para-hydroxylation sites is 8. The van der Waals surface area contributed by atoms with Crippen LogP contribution in [0.5, 0.6) is 0 Å². The third-order valence-electron chi connectivity index (χ3n) is 18.6. The quantitative estimate of drug-likeness (QED) is 0.163. The van der Waals surface area contributed by atoms with Gasteiger partial charge in [-0.2, -0.15) is 0 Å². The van der Waals surface area contributed by atoms with Gasteiger partial charge in [0.15, 0.2) is 0 Å². The van der Waals surface area contributed by atoms with E-state index in [0.717, 1.165) is 34.0 Å². The summed E-state index contributed by atoms with van der Waals surface area (Å²) >= 11 is 0. The van der Waals surface area contributed by atoms with Crippen LogP contribution >= 0.6 is 0 Å². The zero-order valence-electron chi connectivity index (χ0n) is 45.6. The molecule has 2 atom stereocenters. The van der Waals surface area contributed by atoms with Gasteiger partial charge in [-0.15, -0.1) is 0 Å². The zero-order valence-corrected chi connectivity index (χ0v) is 45.6. The Morgan fingerprint density at radius 2 is 0.643 bits per heavy atom. The molecule has 0 bridgehead atoms. The van der Waals surface area contributed by atoms with Gasteiger partial charge >= 0.3 is 0 Å². The van der Waals surface area contributed by atoms with Crippen molar-refractivity contribution in [3.8, 4) is 28.4 Å². The van der Waals surface area contributed by atoms with Gasteiger partial charge in [0.1, 0.15) is 0 Å². The predicted octanol–water partition coefficient (Wildman–Crippen LogP) is 20.0. The standard InChI is InChI=1S/C78H50N6/c1-9-34-65-55(26-1)56-27-2-10-35-66(56)79(65)49-20-17-22-51(46-49)81-71-40-15-7-32-63(71)75-73(81)44-42-62-60-31-6-14-39-70(60)84(78(62)75)54-25-19-23-52(48-54)82-72-41-16-8-33-64(72)76-74(82)45-43-61-59-30-5-13-38-69(59)83(77(61)76)53-24-18-21-50(47-53)80-67-36-11-3-28-57(67)58-29-4-12-37-68(58)80/h1-48,61,77H/t61-,77?/m0/s1. The van der Waals surface area contributed by atoms with Crippen LogP contribution in [0.2, 0.25) is 0 Å². The van der Waals surface area contributed by atoms with Crippen LogP contribution in [-0.2, 0) is 0 Å². The van der Waals surface area contributed by atoms with Crippen LogP contribution in [0.25, 0.3) is 133 Å². The Bertz CT molecular complexity index is 5570. The van der Waals surface area contributed by atoms with Crippen molar-refractivity contribution in [3.05, 3.63) is 302 Å². The van der Waals surface area contributed by atoms with Gasteiger partial charge in [-0.3, -0.25) is 0 Å². The van der Waals surface area contributed by atoms with Gasteiger partial charge < -0.3 is 27.7 Å². The first-order valence-electron chi connectivity index (χ1n) is 29.2. The molecule has 0 saturated heterocycles. The second-order valence-corrected chi connectivity index (χ2v) is 22.8. The average Bonchev–Trinajstić information content (AvgIpc) is 2.25. The van der Waals surface area contributed by atoms with Crippen LogP contribution in [0.3, 0.4) is 0 Å². The van der Waals surface area contributed by atoms with Crippen LogP contribution in [0, 0.1) is 0 Å². The summed E-state index contributed by atoms with van der Waals surface area (Å²) < 4.78 is 12.4. The average molecular weight is 1070 g/mol. The van der Waals surface area contributed by atoms with Gasteiger partial charge in [0, 0.05) is 99.8 Å². The molecule has 17 aromatic rings. The molecule has 6 nitrogen and oxygen atoms in total. The van der Waals surface area contributed by atoms with E-state index in [4.69, 9.17) is 0 Å². The molecule has 84 heavy (non-hydrogen) atoms. The molecule has 0 radical (unpaired) electrons. The minimum atomic E-state index is 0.00994. The highest BCUT2D eigenvalue weighted by atomic mass is 15.2. The Morgan fingerprint density at radius 3 is 1.19 bits per heavy atom. The zero-order chi connectivity index (χ0) is 54.7. The third kappa shape index (κ3) is 6.18. The maximum Gasteiger partial charge on any atom is 0.0722 e. The van der Waals surface area contributed by atoms with Crippen LogP contribution in [0.1, 0.15) is 28.8 Å². The minimum absolute atomic E-state index is 0.00994. The number of rotatable bonds is 6. The molecule has 5 aromatic heterocycles. The third-order valence-corrected chi connectivity index (χ3v) is 18.6. The summed E-state index contributed by atoms with van der Waals surface area (Å²) in [4.78, 5) is 2.63. The van der Waals surface area contributed by atoms with Crippen molar-refractivity contribution in [3.63, 3.8) is 0 Å². The molecule has 0 fully saturated rings. The van der Waals surface area contributed by atoms with Crippen LogP contribution in [0.4, 0.5) is 11.4 Å². The molecule has 0 spiro atoms. The van der Waals surface area contributed by atoms with E-state index in [9.17, 15) is 0 Å². The summed E-state index contributed by atoms with van der Waals surface area (Å²) in [7, 11) is 0. The Kier molecular flexibility index (Phi) is 9.36. The smallest absolute Gasteiger partial charge is 0.0722 e. The van der Waals surface area contributed by atoms with Crippen LogP contribution < -0.4 is 4.90 Å². The number of anilines is 2. The van der Waals surface area contributed by atoms with Crippen molar-refractivity contribution in [2.75, 3.05) is 4.90 Å². The first-order chi connectivity index (χ1) is 41.7. The number of fused-ring (bicyclic) bond motifs is 20. The number of aromatic nitrogens is 5. The predicted molar refractivity (Wildman–Crippen MR) is 350 cm³/mol. The summed E-state index contributed by atoms with van der Waals surface area (Å²) in [5.41, 5.74) is 22.6. The highest BCUT2D eigenvalue weighted by Gasteiger charge is 2.44.